The van der Waals surface area contributed by atoms with Gasteiger partial charge in [0.15, 0.2) is 5.78 Å². The molecule has 0 heterocycles. The van der Waals surface area contributed by atoms with E-state index in [1.165, 1.54) is 19.1 Å². The van der Waals surface area contributed by atoms with E-state index < -0.39 is 10.7 Å². The van der Waals surface area contributed by atoms with Crippen molar-refractivity contribution in [1.29, 1.82) is 0 Å². The molecular weight excluding hydrogens is 234 g/mol. The molecule has 0 radical (unpaired) electrons. The molecule has 0 aliphatic heterocycles. The van der Waals surface area contributed by atoms with Gasteiger partial charge in [0.05, 0.1) is 16.4 Å². The number of benzene rings is 1. The number of Topliss-reactive ketones (excluding diaryl/α,β-unsaturated/α-hetero) is 1. The number of nitro benzene ring substituents is 1. The van der Waals surface area contributed by atoms with E-state index in [-0.39, 0.29) is 28.3 Å². The summed E-state index contributed by atoms with van der Waals surface area (Å²) in [5.41, 5.74) is 0.0676. The second-order valence-corrected chi connectivity index (χ2v) is 3.43. The summed E-state index contributed by atoms with van der Waals surface area (Å²) in [4.78, 5) is 32.1. The van der Waals surface area contributed by atoms with Crippen molar-refractivity contribution in [2.45, 2.75) is 6.92 Å². The Bertz CT molecular complexity index is 470. The number of hydrogen-bond acceptors (Lipinski definition) is 4. The number of nitrogens with zero attached hydrogens (tertiary/aromatic N) is 1. The van der Waals surface area contributed by atoms with Gasteiger partial charge < -0.3 is 0 Å². The first-order valence-electron chi connectivity index (χ1n) is 4.34. The van der Waals surface area contributed by atoms with Crippen molar-refractivity contribution < 1.29 is 14.5 Å². The molecule has 6 heteroatoms. The van der Waals surface area contributed by atoms with E-state index in [2.05, 4.69) is 0 Å². The van der Waals surface area contributed by atoms with Crippen LogP contribution in [-0.2, 0) is 0 Å². The highest BCUT2D eigenvalue weighted by molar-refractivity contribution is 6.31. The van der Waals surface area contributed by atoms with Crippen molar-refractivity contribution in [2.24, 2.45) is 0 Å². The van der Waals surface area contributed by atoms with Crippen LogP contribution < -0.4 is 0 Å². The summed E-state index contributed by atoms with van der Waals surface area (Å²) in [6, 6.07) is 2.54. The number of hydrogen-bond donors (Lipinski definition) is 0. The summed E-state index contributed by atoms with van der Waals surface area (Å²) in [6.07, 6.45) is 0.530. The molecular formula is C10H8ClNO4. The summed E-state index contributed by atoms with van der Waals surface area (Å²) in [5.74, 6) is -0.928. The minimum absolute atomic E-state index is 0.123. The summed E-state index contributed by atoms with van der Waals surface area (Å²) in [7, 11) is 0. The van der Waals surface area contributed by atoms with Crippen LogP contribution in [0.5, 0.6) is 0 Å². The highest BCUT2D eigenvalue weighted by atomic mass is 35.5. The molecule has 0 atom stereocenters. The fourth-order valence-corrected chi connectivity index (χ4v) is 1.55. The lowest BCUT2D eigenvalue weighted by atomic mass is 10.0. The lowest BCUT2D eigenvalue weighted by molar-refractivity contribution is -0.385. The van der Waals surface area contributed by atoms with Gasteiger partial charge in [-0.1, -0.05) is 0 Å². The molecule has 0 spiro atoms. The Kier molecular flexibility index (Phi) is 3.73. The predicted octanol–water partition coefficient (Wildman–Crippen LogP) is 2.14. The van der Waals surface area contributed by atoms with Gasteiger partial charge in [-0.25, -0.2) is 0 Å². The zero-order chi connectivity index (χ0) is 12.3. The van der Waals surface area contributed by atoms with E-state index in [0.717, 1.165) is 0 Å². The van der Waals surface area contributed by atoms with Gasteiger partial charge >= 0.3 is 0 Å². The van der Waals surface area contributed by atoms with Crippen LogP contribution >= 0.6 is 11.6 Å². The number of aryl methyl sites for hydroxylation is 1. The molecule has 0 bridgehead atoms. The smallest absolute Gasteiger partial charge is 0.283 e. The molecule has 5 nitrogen and oxygen atoms in total. The van der Waals surface area contributed by atoms with E-state index in [4.69, 9.17) is 11.6 Å². The molecule has 0 N–H and O–H groups in total. The summed E-state index contributed by atoms with van der Waals surface area (Å²) in [6.45, 7) is 1.47. The Morgan fingerprint density at radius 3 is 2.62 bits per heavy atom. The van der Waals surface area contributed by atoms with Crippen molar-refractivity contribution in [3.8, 4) is 0 Å². The van der Waals surface area contributed by atoms with Gasteiger partial charge in [-0.3, -0.25) is 19.7 Å². The molecule has 0 saturated heterocycles. The normalized spacial score (nSPS) is 9.88. The van der Waals surface area contributed by atoms with Crippen LogP contribution in [0.4, 0.5) is 5.69 Å². The van der Waals surface area contributed by atoms with Gasteiger partial charge in [0.1, 0.15) is 6.29 Å². The van der Waals surface area contributed by atoms with Crippen molar-refractivity contribution >= 4 is 29.4 Å². The van der Waals surface area contributed by atoms with Crippen molar-refractivity contribution in [1.82, 2.24) is 0 Å². The van der Waals surface area contributed by atoms with Crippen LogP contribution in [0.25, 0.3) is 0 Å². The largest absolute Gasteiger partial charge is 0.298 e. The Balaban J connectivity index is 3.52. The lowest BCUT2D eigenvalue weighted by Crippen LogP contribution is -2.07. The Morgan fingerprint density at radius 1 is 1.56 bits per heavy atom. The first-order chi connectivity index (χ1) is 7.51. The molecule has 0 fully saturated rings. The highest BCUT2D eigenvalue weighted by Crippen LogP contribution is 2.25. The third kappa shape index (κ3) is 2.25. The molecule has 0 amide bonds. The van der Waals surface area contributed by atoms with Gasteiger partial charge in [-0.05, 0) is 19.1 Å². The van der Waals surface area contributed by atoms with Gasteiger partial charge in [0.2, 0.25) is 0 Å². The zero-order valence-corrected chi connectivity index (χ0v) is 9.15. The lowest BCUT2D eigenvalue weighted by Gasteiger charge is -2.04. The quantitative estimate of drug-likeness (QED) is 0.266. The van der Waals surface area contributed by atoms with E-state index in [0.29, 0.717) is 6.29 Å². The molecule has 0 aliphatic carbocycles. The standard InChI is InChI=1S/C10H8ClNO4/c1-6-2-7(5-13)3-8(9(14)4-11)10(6)12(15)16/h2-3,5H,4H2,1H3. The second-order valence-electron chi connectivity index (χ2n) is 3.17. The van der Waals surface area contributed by atoms with E-state index in [1.807, 2.05) is 0 Å². The fraction of sp³-hybridized carbons (Fsp3) is 0.200. The second kappa shape index (κ2) is 4.85. The fourth-order valence-electron chi connectivity index (χ4n) is 1.40. The predicted molar refractivity (Wildman–Crippen MR) is 58.3 cm³/mol. The van der Waals surface area contributed by atoms with Crippen LogP contribution in [0, 0.1) is 17.0 Å². The van der Waals surface area contributed by atoms with Crippen LogP contribution in [0.1, 0.15) is 26.3 Å². The number of ketones is 1. The molecule has 0 saturated carbocycles. The number of carbonyl (C=O) groups is 2. The number of carbonyl (C=O) groups excluding carboxylic acids is 2. The maximum atomic E-state index is 11.4. The van der Waals surface area contributed by atoms with Gasteiger partial charge in [-0.15, -0.1) is 11.6 Å². The minimum atomic E-state index is -0.649. The molecule has 1 rings (SSSR count). The van der Waals surface area contributed by atoms with Crippen molar-refractivity contribution in [3.05, 3.63) is 38.9 Å². The molecule has 1 aromatic carbocycles. The summed E-state index contributed by atoms with van der Waals surface area (Å²) < 4.78 is 0. The molecule has 0 aliphatic rings. The van der Waals surface area contributed by atoms with Crippen LogP contribution in [0.2, 0.25) is 0 Å². The van der Waals surface area contributed by atoms with Crippen molar-refractivity contribution in [3.63, 3.8) is 0 Å². The van der Waals surface area contributed by atoms with Crippen molar-refractivity contribution in [2.75, 3.05) is 5.88 Å². The first kappa shape index (κ1) is 12.3. The number of halogens is 1. The Hall–Kier alpha value is -1.75. The third-order valence-corrected chi connectivity index (χ3v) is 2.31. The summed E-state index contributed by atoms with van der Waals surface area (Å²) >= 11 is 5.35. The van der Waals surface area contributed by atoms with Crippen LogP contribution in [0.3, 0.4) is 0 Å². The topological polar surface area (TPSA) is 77.3 Å². The minimum Gasteiger partial charge on any atom is -0.298 e. The van der Waals surface area contributed by atoms with E-state index in [1.54, 1.807) is 0 Å². The maximum Gasteiger partial charge on any atom is 0.283 e. The van der Waals surface area contributed by atoms with Gasteiger partial charge in [0.25, 0.3) is 5.69 Å². The number of aldehydes is 1. The van der Waals surface area contributed by atoms with Crippen LogP contribution in [0.15, 0.2) is 12.1 Å². The molecule has 1 aromatic rings. The Morgan fingerprint density at radius 2 is 2.19 bits per heavy atom. The molecule has 0 aromatic heterocycles. The number of alkyl halides is 1. The number of nitro groups is 1. The SMILES string of the molecule is Cc1cc(C=O)cc(C(=O)CCl)c1[N+](=O)[O-]. The summed E-state index contributed by atoms with van der Waals surface area (Å²) in [5, 5.41) is 10.8. The number of rotatable bonds is 4. The molecule has 0 unspecified atom stereocenters. The first-order valence-corrected chi connectivity index (χ1v) is 4.88. The van der Waals surface area contributed by atoms with E-state index in [9.17, 15) is 19.7 Å². The monoisotopic (exact) mass is 241 g/mol. The third-order valence-electron chi connectivity index (χ3n) is 2.06. The zero-order valence-electron chi connectivity index (χ0n) is 8.40. The Labute approximate surface area is 96.2 Å². The average molecular weight is 242 g/mol. The van der Waals surface area contributed by atoms with Gasteiger partial charge in [-0.2, -0.15) is 0 Å². The molecule has 84 valence electrons. The van der Waals surface area contributed by atoms with Crippen LogP contribution in [-0.4, -0.2) is 22.9 Å². The van der Waals surface area contributed by atoms with E-state index >= 15 is 0 Å². The molecule has 16 heavy (non-hydrogen) atoms. The highest BCUT2D eigenvalue weighted by Gasteiger charge is 2.23. The average Bonchev–Trinajstić information content (AvgIpc) is 2.26. The van der Waals surface area contributed by atoms with Gasteiger partial charge in [0, 0.05) is 11.1 Å². The maximum absolute atomic E-state index is 11.4.